The Morgan fingerprint density at radius 2 is 1.63 bits per heavy atom. The van der Waals surface area contributed by atoms with Crippen LogP contribution in [0.5, 0.6) is 17.2 Å². The van der Waals surface area contributed by atoms with E-state index in [0.717, 1.165) is 22.2 Å². The number of hydrogen-bond donors (Lipinski definition) is 0. The Bertz CT molecular complexity index is 1270. The van der Waals surface area contributed by atoms with E-state index < -0.39 is 5.97 Å². The van der Waals surface area contributed by atoms with Crippen molar-refractivity contribution >= 4 is 35.0 Å². The van der Waals surface area contributed by atoms with Crippen molar-refractivity contribution in [3.05, 3.63) is 94.4 Å². The normalized spacial score (nSPS) is 14.3. The van der Waals surface area contributed by atoms with Gasteiger partial charge in [-0.1, -0.05) is 42.0 Å². The van der Waals surface area contributed by atoms with Crippen LogP contribution in [0.25, 0.3) is 6.08 Å². The van der Waals surface area contributed by atoms with Gasteiger partial charge in [-0.15, -0.1) is 0 Å². The molecule has 178 valence electrons. The maximum atomic E-state index is 12.7. The summed E-state index contributed by atoms with van der Waals surface area (Å²) in [6, 6.07) is 21.0. The lowest BCUT2D eigenvalue weighted by Crippen LogP contribution is -2.32. The van der Waals surface area contributed by atoms with Gasteiger partial charge in [0, 0.05) is 0 Å². The van der Waals surface area contributed by atoms with Crippen LogP contribution in [0.2, 0.25) is 0 Å². The zero-order valence-corrected chi connectivity index (χ0v) is 20.0. The Morgan fingerprint density at radius 1 is 0.943 bits per heavy atom. The lowest BCUT2D eigenvalue weighted by atomic mass is 10.1. The fourth-order valence-corrected chi connectivity index (χ4v) is 4.18. The predicted octanol–water partition coefficient (Wildman–Crippen LogP) is 5.34. The number of rotatable bonds is 8. The number of esters is 1. The van der Waals surface area contributed by atoms with Crippen LogP contribution >= 0.6 is 11.8 Å². The number of carbonyl (C=O) groups excluding carboxylic acids is 3. The molecule has 3 aromatic rings. The molecule has 0 N–H and O–H groups in total. The molecule has 1 aliphatic heterocycles. The quantitative estimate of drug-likeness (QED) is 0.240. The van der Waals surface area contributed by atoms with Gasteiger partial charge in [0.2, 0.25) is 0 Å². The number of para-hydroxylation sites is 2. The van der Waals surface area contributed by atoms with Gasteiger partial charge >= 0.3 is 5.97 Å². The molecule has 4 rings (SSSR count). The third-order valence-electron chi connectivity index (χ3n) is 5.19. The molecule has 7 nitrogen and oxygen atoms in total. The number of carbonyl (C=O) groups is 3. The number of imide groups is 1. The monoisotopic (exact) mass is 489 g/mol. The van der Waals surface area contributed by atoms with Gasteiger partial charge in [-0.05, 0) is 66.7 Å². The Labute approximate surface area is 207 Å². The number of nitrogens with zero attached hydrogens (tertiary/aromatic N) is 1. The van der Waals surface area contributed by atoms with Crippen molar-refractivity contribution in [1.82, 2.24) is 4.90 Å². The van der Waals surface area contributed by atoms with E-state index in [2.05, 4.69) is 0 Å². The van der Waals surface area contributed by atoms with E-state index in [9.17, 15) is 14.4 Å². The summed E-state index contributed by atoms with van der Waals surface area (Å²) in [6.07, 6.45) is 1.64. The van der Waals surface area contributed by atoms with Crippen LogP contribution in [-0.2, 0) is 4.79 Å². The van der Waals surface area contributed by atoms with Crippen LogP contribution in [0.15, 0.2) is 77.7 Å². The summed E-state index contributed by atoms with van der Waals surface area (Å²) >= 11 is 0.877. The molecule has 0 atom stereocenters. The third kappa shape index (κ3) is 5.91. The minimum absolute atomic E-state index is 0.119. The summed E-state index contributed by atoms with van der Waals surface area (Å²) in [7, 11) is 1.55. The Kier molecular flexibility index (Phi) is 7.52. The lowest BCUT2D eigenvalue weighted by Gasteiger charge is -2.14. The maximum Gasteiger partial charge on any atom is 0.343 e. The van der Waals surface area contributed by atoms with Crippen LogP contribution in [-0.4, -0.2) is 42.3 Å². The van der Waals surface area contributed by atoms with Gasteiger partial charge in [0.25, 0.3) is 11.1 Å². The molecular weight excluding hydrogens is 466 g/mol. The SMILES string of the molecule is COc1ccccc1OCCN1C(=O)S/C(=C\c2ccc(OC(=O)c3ccc(C)cc3)cc2)C1=O. The number of thioether (sulfide) groups is 1. The number of benzene rings is 3. The summed E-state index contributed by atoms with van der Waals surface area (Å²) in [4.78, 5) is 38.9. The molecule has 35 heavy (non-hydrogen) atoms. The summed E-state index contributed by atoms with van der Waals surface area (Å²) in [5.74, 6) is 0.678. The summed E-state index contributed by atoms with van der Waals surface area (Å²) in [5, 5.41) is -0.353. The molecule has 0 aromatic heterocycles. The average Bonchev–Trinajstić information content (AvgIpc) is 3.13. The predicted molar refractivity (Wildman–Crippen MR) is 134 cm³/mol. The summed E-state index contributed by atoms with van der Waals surface area (Å²) < 4.78 is 16.3. The zero-order valence-electron chi connectivity index (χ0n) is 19.2. The Hall–Kier alpha value is -4.04. The van der Waals surface area contributed by atoms with Gasteiger partial charge in [0.05, 0.1) is 24.1 Å². The van der Waals surface area contributed by atoms with Gasteiger partial charge in [-0.2, -0.15) is 0 Å². The van der Waals surface area contributed by atoms with Crippen molar-refractivity contribution in [2.24, 2.45) is 0 Å². The second kappa shape index (κ2) is 10.9. The highest BCUT2D eigenvalue weighted by Gasteiger charge is 2.34. The molecule has 3 aromatic carbocycles. The fraction of sp³-hybridized carbons (Fsp3) is 0.148. The molecule has 1 heterocycles. The van der Waals surface area contributed by atoms with Crippen molar-refractivity contribution in [2.45, 2.75) is 6.92 Å². The van der Waals surface area contributed by atoms with Crippen LogP contribution in [0.1, 0.15) is 21.5 Å². The van der Waals surface area contributed by atoms with E-state index in [1.54, 1.807) is 61.7 Å². The van der Waals surface area contributed by atoms with E-state index in [0.29, 0.717) is 33.3 Å². The minimum atomic E-state index is -0.450. The molecule has 0 bridgehead atoms. The van der Waals surface area contributed by atoms with Crippen LogP contribution in [0.4, 0.5) is 4.79 Å². The molecule has 1 fully saturated rings. The topological polar surface area (TPSA) is 82.1 Å². The highest BCUT2D eigenvalue weighted by atomic mass is 32.2. The molecule has 0 aliphatic carbocycles. The smallest absolute Gasteiger partial charge is 0.343 e. The van der Waals surface area contributed by atoms with E-state index in [1.807, 2.05) is 31.2 Å². The molecule has 0 saturated carbocycles. The number of ether oxygens (including phenoxy) is 3. The van der Waals surface area contributed by atoms with Gasteiger partial charge in [0.1, 0.15) is 12.4 Å². The third-order valence-corrected chi connectivity index (χ3v) is 6.10. The van der Waals surface area contributed by atoms with Crippen LogP contribution in [0, 0.1) is 6.92 Å². The second-order valence-electron chi connectivity index (χ2n) is 7.66. The minimum Gasteiger partial charge on any atom is -0.493 e. The van der Waals surface area contributed by atoms with Crippen molar-refractivity contribution in [1.29, 1.82) is 0 Å². The number of methoxy groups -OCH3 is 1. The van der Waals surface area contributed by atoms with Gasteiger partial charge < -0.3 is 14.2 Å². The fourth-order valence-electron chi connectivity index (χ4n) is 3.32. The molecule has 0 spiro atoms. The van der Waals surface area contributed by atoms with Crippen molar-refractivity contribution in [3.8, 4) is 17.2 Å². The van der Waals surface area contributed by atoms with E-state index in [4.69, 9.17) is 14.2 Å². The molecule has 8 heteroatoms. The zero-order chi connectivity index (χ0) is 24.8. The number of aryl methyl sites for hydroxylation is 1. The molecule has 2 amide bonds. The second-order valence-corrected chi connectivity index (χ2v) is 8.65. The first-order valence-electron chi connectivity index (χ1n) is 10.8. The molecule has 1 saturated heterocycles. The van der Waals surface area contributed by atoms with Crippen LogP contribution < -0.4 is 14.2 Å². The molecule has 0 unspecified atom stereocenters. The first-order valence-corrected chi connectivity index (χ1v) is 11.7. The highest BCUT2D eigenvalue weighted by molar-refractivity contribution is 8.18. The largest absolute Gasteiger partial charge is 0.493 e. The van der Waals surface area contributed by atoms with Crippen molar-refractivity contribution in [2.75, 3.05) is 20.3 Å². The maximum absolute atomic E-state index is 12.7. The van der Waals surface area contributed by atoms with E-state index in [-0.39, 0.29) is 24.3 Å². The number of hydrogen-bond acceptors (Lipinski definition) is 7. The standard InChI is InChI=1S/C27H23NO6S/c1-18-7-11-20(12-8-18)26(30)34-21-13-9-19(10-14-21)17-24-25(29)28(27(31)35-24)15-16-33-23-6-4-3-5-22(23)32-2/h3-14,17H,15-16H2,1-2H3/b24-17-. The molecule has 0 radical (unpaired) electrons. The van der Waals surface area contributed by atoms with Gasteiger partial charge in [-0.25, -0.2) is 4.79 Å². The summed E-state index contributed by atoms with van der Waals surface area (Å²) in [6.45, 7) is 2.21. The Morgan fingerprint density at radius 3 is 2.31 bits per heavy atom. The number of amides is 2. The van der Waals surface area contributed by atoms with Crippen LogP contribution in [0.3, 0.4) is 0 Å². The van der Waals surface area contributed by atoms with E-state index >= 15 is 0 Å². The van der Waals surface area contributed by atoms with Crippen molar-refractivity contribution < 1.29 is 28.6 Å². The average molecular weight is 490 g/mol. The molecular formula is C27H23NO6S. The highest BCUT2D eigenvalue weighted by Crippen LogP contribution is 2.32. The molecule has 1 aliphatic rings. The van der Waals surface area contributed by atoms with Gasteiger partial charge in [-0.3, -0.25) is 14.5 Å². The Balaban J connectivity index is 1.35. The summed E-state index contributed by atoms with van der Waals surface area (Å²) in [5.41, 5.74) is 2.22. The first-order chi connectivity index (χ1) is 16.9. The first kappa shape index (κ1) is 24.1. The lowest BCUT2D eigenvalue weighted by molar-refractivity contribution is -0.123. The van der Waals surface area contributed by atoms with E-state index in [1.165, 1.54) is 0 Å². The van der Waals surface area contributed by atoms with Gasteiger partial charge in [0.15, 0.2) is 11.5 Å². The van der Waals surface area contributed by atoms with Crippen molar-refractivity contribution in [3.63, 3.8) is 0 Å².